The van der Waals surface area contributed by atoms with Crippen LogP contribution in [-0.2, 0) is 11.2 Å². The van der Waals surface area contributed by atoms with Gasteiger partial charge < -0.3 is 19.9 Å². The molecule has 3 aromatic carbocycles. The maximum absolute atomic E-state index is 12.4. The lowest BCUT2D eigenvalue weighted by Gasteiger charge is -2.24. The van der Waals surface area contributed by atoms with Gasteiger partial charge in [0.1, 0.15) is 17.2 Å². The van der Waals surface area contributed by atoms with E-state index in [4.69, 9.17) is 21.1 Å². The highest BCUT2D eigenvalue weighted by atomic mass is 35.5. The summed E-state index contributed by atoms with van der Waals surface area (Å²) in [4.78, 5) is 24.0. The van der Waals surface area contributed by atoms with Gasteiger partial charge in [-0.1, -0.05) is 23.7 Å². The van der Waals surface area contributed by atoms with Crippen LogP contribution in [0.25, 0.3) is 0 Å². The quantitative estimate of drug-likeness (QED) is 0.304. The third-order valence-corrected chi connectivity index (χ3v) is 6.64. The smallest absolute Gasteiger partial charge is 0.446 e. The number of carbonyl (C=O) groups is 2. The molecule has 1 heterocycles. The lowest BCUT2D eigenvalue weighted by atomic mass is 9.93. The fourth-order valence-electron chi connectivity index (χ4n) is 3.81. The maximum Gasteiger partial charge on any atom is 0.446 e. The van der Waals surface area contributed by atoms with Crippen LogP contribution >= 0.6 is 23.4 Å². The molecular weight excluding hydrogens is 531 g/mol. The van der Waals surface area contributed by atoms with E-state index in [1.54, 1.807) is 42.5 Å². The topological polar surface area (TPSA) is 84.9 Å². The molecule has 6 nitrogen and oxygen atoms in total. The van der Waals surface area contributed by atoms with Gasteiger partial charge in [-0.2, -0.15) is 13.2 Å². The number of halogens is 4. The molecule has 3 aromatic rings. The third-order valence-electron chi connectivity index (χ3n) is 5.60. The number of alkyl halides is 3. The van der Waals surface area contributed by atoms with Gasteiger partial charge in [-0.3, -0.25) is 9.59 Å². The highest BCUT2D eigenvalue weighted by molar-refractivity contribution is 8.00. The van der Waals surface area contributed by atoms with Crippen LogP contribution in [0.4, 0.5) is 13.2 Å². The summed E-state index contributed by atoms with van der Waals surface area (Å²) in [6.07, 6.45) is 0.821. The maximum atomic E-state index is 12.4. The number of aliphatic carboxylic acids is 1. The Kier molecular flexibility index (Phi) is 8.19. The molecule has 0 fully saturated rings. The van der Waals surface area contributed by atoms with Crippen LogP contribution in [0.2, 0.25) is 5.02 Å². The van der Waals surface area contributed by atoms with Gasteiger partial charge in [0.15, 0.2) is 0 Å². The zero-order valence-electron chi connectivity index (χ0n) is 19.2. The average molecular weight is 552 g/mol. The first-order chi connectivity index (χ1) is 17.6. The van der Waals surface area contributed by atoms with Gasteiger partial charge in [-0.25, -0.2) is 0 Å². The molecule has 0 spiro atoms. The Morgan fingerprint density at radius 3 is 2.46 bits per heavy atom. The van der Waals surface area contributed by atoms with Crippen molar-refractivity contribution in [1.29, 1.82) is 0 Å². The van der Waals surface area contributed by atoms with Crippen LogP contribution in [0.15, 0.2) is 65.6 Å². The fourth-order valence-corrected chi connectivity index (χ4v) is 4.56. The van der Waals surface area contributed by atoms with E-state index in [0.717, 1.165) is 5.56 Å². The fraction of sp³-hybridized carbons (Fsp3) is 0.231. The minimum Gasteiger partial charge on any atom is -0.493 e. The Hall–Kier alpha value is -3.37. The summed E-state index contributed by atoms with van der Waals surface area (Å²) in [7, 11) is 0. The molecule has 0 aromatic heterocycles. The summed E-state index contributed by atoms with van der Waals surface area (Å²) in [6, 6.07) is 15.5. The Balaban J connectivity index is 1.32. The predicted molar refractivity (Wildman–Crippen MR) is 133 cm³/mol. The highest BCUT2D eigenvalue weighted by Crippen LogP contribution is 2.42. The van der Waals surface area contributed by atoms with Crippen molar-refractivity contribution in [3.8, 4) is 17.2 Å². The van der Waals surface area contributed by atoms with Crippen molar-refractivity contribution in [1.82, 2.24) is 5.32 Å². The van der Waals surface area contributed by atoms with E-state index in [9.17, 15) is 27.9 Å². The normalized spacial score (nSPS) is 14.9. The summed E-state index contributed by atoms with van der Waals surface area (Å²) in [5.74, 6) is -0.829. The van der Waals surface area contributed by atoms with Crippen LogP contribution < -0.4 is 14.8 Å². The zero-order valence-corrected chi connectivity index (χ0v) is 20.8. The Bertz CT molecular complexity index is 1280. The molecule has 0 saturated heterocycles. The Morgan fingerprint density at radius 2 is 1.81 bits per heavy atom. The van der Waals surface area contributed by atoms with Crippen LogP contribution in [0.3, 0.4) is 0 Å². The number of thioether (sulfide) groups is 1. The van der Waals surface area contributed by atoms with E-state index in [1.165, 1.54) is 18.2 Å². The molecule has 1 aliphatic heterocycles. The van der Waals surface area contributed by atoms with Gasteiger partial charge in [-0.05, 0) is 72.6 Å². The zero-order chi connectivity index (χ0) is 26.6. The van der Waals surface area contributed by atoms with Crippen LogP contribution in [0, 0.1) is 0 Å². The van der Waals surface area contributed by atoms with Gasteiger partial charge in [0.05, 0.1) is 17.5 Å². The molecule has 0 radical (unpaired) electrons. The number of nitrogens with one attached hydrogen (secondary N) is 1. The first-order valence-electron chi connectivity index (χ1n) is 11.2. The standard InChI is InChI=1S/C26H21ClF3NO5S/c27-21-13-20-19(25(33)34)10-12-35-22(20)14-23(21)36-17-5-3-16(4-6-17)24(32)31-11-9-15-1-7-18(8-2-15)37-26(28,29)30/h1-8,13-14,19H,9-12H2,(H,31,32)(H,33,34). The van der Waals surface area contributed by atoms with E-state index in [1.807, 2.05) is 0 Å². The molecule has 37 heavy (non-hydrogen) atoms. The summed E-state index contributed by atoms with van der Waals surface area (Å²) in [5, 5.41) is 12.4. The minimum absolute atomic E-state index is 0.108. The third kappa shape index (κ3) is 7.11. The average Bonchev–Trinajstić information content (AvgIpc) is 2.84. The van der Waals surface area contributed by atoms with Crippen LogP contribution in [0.1, 0.15) is 33.8 Å². The van der Waals surface area contributed by atoms with E-state index in [0.29, 0.717) is 47.8 Å². The molecule has 2 N–H and O–H groups in total. The van der Waals surface area contributed by atoms with Crippen molar-refractivity contribution in [3.05, 3.63) is 82.4 Å². The second kappa shape index (κ2) is 11.4. The number of hydrogen-bond acceptors (Lipinski definition) is 5. The predicted octanol–water partition coefficient (Wildman–Crippen LogP) is 6.67. The lowest BCUT2D eigenvalue weighted by Crippen LogP contribution is -2.25. The van der Waals surface area contributed by atoms with Gasteiger partial charge in [0.25, 0.3) is 5.91 Å². The van der Waals surface area contributed by atoms with Crippen LogP contribution in [-0.4, -0.2) is 35.6 Å². The van der Waals surface area contributed by atoms with E-state index in [2.05, 4.69) is 5.32 Å². The largest absolute Gasteiger partial charge is 0.493 e. The van der Waals surface area contributed by atoms with Gasteiger partial charge in [-0.15, -0.1) is 0 Å². The molecule has 0 bridgehead atoms. The lowest BCUT2D eigenvalue weighted by molar-refractivity contribution is -0.139. The van der Waals surface area contributed by atoms with E-state index < -0.39 is 17.4 Å². The Morgan fingerprint density at radius 1 is 1.11 bits per heavy atom. The highest BCUT2D eigenvalue weighted by Gasteiger charge is 2.30. The van der Waals surface area contributed by atoms with Crippen molar-refractivity contribution in [3.63, 3.8) is 0 Å². The first-order valence-corrected chi connectivity index (χ1v) is 12.4. The number of carboxylic acids is 1. The van der Waals surface area contributed by atoms with Crippen molar-refractivity contribution < 1.29 is 37.3 Å². The number of hydrogen-bond donors (Lipinski definition) is 2. The molecule has 11 heteroatoms. The number of carboxylic acid groups (broad SMARTS) is 1. The van der Waals surface area contributed by atoms with Crippen LogP contribution in [0.5, 0.6) is 17.2 Å². The summed E-state index contributed by atoms with van der Waals surface area (Å²) in [5.41, 5.74) is -2.63. The van der Waals surface area contributed by atoms with E-state index in [-0.39, 0.29) is 34.2 Å². The molecule has 1 amide bonds. The SMILES string of the molecule is O=C(NCCc1ccc(SC(F)(F)F)cc1)c1ccc(Oc2cc3c(cc2Cl)C(C(=O)O)CCO3)cc1. The molecule has 194 valence electrons. The monoisotopic (exact) mass is 551 g/mol. The van der Waals surface area contributed by atoms with Gasteiger partial charge >= 0.3 is 11.5 Å². The number of rotatable bonds is 8. The number of amides is 1. The number of fused-ring (bicyclic) bond motifs is 1. The molecule has 4 rings (SSSR count). The number of ether oxygens (including phenoxy) is 2. The molecule has 0 saturated carbocycles. The van der Waals surface area contributed by atoms with Crippen molar-refractivity contribution in [2.75, 3.05) is 13.2 Å². The second-order valence-corrected chi connectivity index (χ2v) is 9.72. The van der Waals surface area contributed by atoms with Crippen molar-refractivity contribution >= 4 is 35.2 Å². The number of benzene rings is 3. The van der Waals surface area contributed by atoms with Crippen molar-refractivity contribution in [2.45, 2.75) is 29.2 Å². The number of carbonyl (C=O) groups excluding carboxylic acids is 1. The van der Waals surface area contributed by atoms with Crippen molar-refractivity contribution in [2.24, 2.45) is 0 Å². The minimum atomic E-state index is -4.33. The summed E-state index contributed by atoms with van der Waals surface area (Å²) in [6.45, 7) is 0.586. The molecule has 1 aliphatic rings. The molecule has 1 unspecified atom stereocenters. The first kappa shape index (κ1) is 26.7. The summed E-state index contributed by atoms with van der Waals surface area (Å²) < 4.78 is 48.7. The van der Waals surface area contributed by atoms with Gasteiger partial charge in [0.2, 0.25) is 0 Å². The second-order valence-electron chi connectivity index (χ2n) is 8.17. The molecule has 0 aliphatic carbocycles. The molecular formula is C26H21ClF3NO5S. The molecule has 1 atom stereocenters. The van der Waals surface area contributed by atoms with E-state index >= 15 is 0 Å². The Labute approximate surface area is 219 Å². The summed E-state index contributed by atoms with van der Waals surface area (Å²) >= 11 is 6.15. The van der Waals surface area contributed by atoms with Gasteiger partial charge in [0, 0.05) is 28.6 Å².